The Kier molecular flexibility index (Phi) is 4.72. The summed E-state index contributed by atoms with van der Waals surface area (Å²) in [6.07, 6.45) is 0. The van der Waals surface area contributed by atoms with Gasteiger partial charge in [0.05, 0.1) is 11.4 Å². The standard InChI is InChI=1S/C23H20O3/c1-16-11-13-19(14-12-16)23(2,22(25)26)20-10-6-9-18(15-20)21(24)17-7-4-3-5-8-17/h3-15H,1-2H3,(H,25,26)/p-1. The molecule has 3 heteroatoms. The smallest absolute Gasteiger partial charge is 0.193 e. The van der Waals surface area contributed by atoms with Crippen LogP contribution in [0.5, 0.6) is 0 Å². The van der Waals surface area contributed by atoms with Gasteiger partial charge in [0.2, 0.25) is 0 Å². The molecule has 0 bridgehead atoms. The number of ketones is 1. The second-order valence-corrected chi connectivity index (χ2v) is 6.55. The van der Waals surface area contributed by atoms with Gasteiger partial charge in [-0.1, -0.05) is 78.4 Å². The maximum Gasteiger partial charge on any atom is 0.193 e. The van der Waals surface area contributed by atoms with Crippen LogP contribution >= 0.6 is 0 Å². The Hall–Kier alpha value is -3.20. The van der Waals surface area contributed by atoms with Crippen molar-refractivity contribution in [2.75, 3.05) is 0 Å². The van der Waals surface area contributed by atoms with E-state index >= 15 is 0 Å². The molecule has 3 nitrogen and oxygen atoms in total. The van der Waals surface area contributed by atoms with Crippen LogP contribution in [0.1, 0.15) is 39.5 Å². The third kappa shape index (κ3) is 3.16. The Morgan fingerprint density at radius 2 is 1.38 bits per heavy atom. The van der Waals surface area contributed by atoms with Crippen molar-refractivity contribution in [1.29, 1.82) is 0 Å². The van der Waals surface area contributed by atoms with Gasteiger partial charge in [0.1, 0.15) is 0 Å². The van der Waals surface area contributed by atoms with E-state index in [0.29, 0.717) is 22.3 Å². The fourth-order valence-electron chi connectivity index (χ4n) is 3.02. The molecule has 1 atom stereocenters. The zero-order valence-electron chi connectivity index (χ0n) is 14.7. The summed E-state index contributed by atoms with van der Waals surface area (Å²) >= 11 is 0. The van der Waals surface area contributed by atoms with Crippen molar-refractivity contribution in [2.24, 2.45) is 0 Å². The summed E-state index contributed by atoms with van der Waals surface area (Å²) < 4.78 is 0. The maximum absolute atomic E-state index is 12.7. The van der Waals surface area contributed by atoms with Crippen molar-refractivity contribution in [3.63, 3.8) is 0 Å². The van der Waals surface area contributed by atoms with Crippen molar-refractivity contribution in [2.45, 2.75) is 19.3 Å². The molecule has 0 radical (unpaired) electrons. The van der Waals surface area contributed by atoms with Gasteiger partial charge >= 0.3 is 0 Å². The molecule has 26 heavy (non-hydrogen) atoms. The fourth-order valence-corrected chi connectivity index (χ4v) is 3.02. The zero-order valence-corrected chi connectivity index (χ0v) is 14.7. The Bertz CT molecular complexity index is 943. The minimum absolute atomic E-state index is 0.142. The van der Waals surface area contributed by atoms with Gasteiger partial charge in [-0.15, -0.1) is 0 Å². The van der Waals surface area contributed by atoms with E-state index in [1.54, 1.807) is 67.6 Å². The first-order valence-corrected chi connectivity index (χ1v) is 8.42. The van der Waals surface area contributed by atoms with Crippen LogP contribution in [-0.4, -0.2) is 11.8 Å². The lowest BCUT2D eigenvalue weighted by Crippen LogP contribution is -2.44. The lowest BCUT2D eigenvalue weighted by atomic mass is 9.75. The van der Waals surface area contributed by atoms with Crippen molar-refractivity contribution in [1.82, 2.24) is 0 Å². The van der Waals surface area contributed by atoms with E-state index < -0.39 is 11.4 Å². The zero-order chi connectivity index (χ0) is 18.7. The Labute approximate surface area is 152 Å². The summed E-state index contributed by atoms with van der Waals surface area (Å²) in [6.45, 7) is 3.55. The van der Waals surface area contributed by atoms with Crippen LogP contribution in [0.4, 0.5) is 0 Å². The Morgan fingerprint density at radius 3 is 2.00 bits per heavy atom. The van der Waals surface area contributed by atoms with Crippen LogP contribution in [0.3, 0.4) is 0 Å². The molecule has 0 N–H and O–H groups in total. The van der Waals surface area contributed by atoms with Crippen LogP contribution in [-0.2, 0) is 10.2 Å². The average Bonchev–Trinajstić information content (AvgIpc) is 2.68. The van der Waals surface area contributed by atoms with Gasteiger partial charge in [-0.3, -0.25) is 4.79 Å². The molecule has 0 saturated heterocycles. The van der Waals surface area contributed by atoms with Crippen LogP contribution in [0.25, 0.3) is 0 Å². The van der Waals surface area contributed by atoms with Gasteiger partial charge < -0.3 is 9.90 Å². The molecule has 0 aromatic heterocycles. The number of carbonyl (C=O) groups is 2. The van der Waals surface area contributed by atoms with Gasteiger partial charge in [-0.2, -0.15) is 0 Å². The number of carboxylic acid groups (broad SMARTS) is 1. The molecule has 0 saturated carbocycles. The predicted molar refractivity (Wildman–Crippen MR) is 99.0 cm³/mol. The third-order valence-electron chi connectivity index (χ3n) is 4.78. The molecule has 0 heterocycles. The minimum Gasteiger partial charge on any atom is -0.549 e. The normalized spacial score (nSPS) is 13.0. The number of carbonyl (C=O) groups excluding carboxylic acids is 2. The molecular formula is C23H19O3-. The molecule has 0 amide bonds. The third-order valence-corrected chi connectivity index (χ3v) is 4.78. The van der Waals surface area contributed by atoms with Gasteiger partial charge in [-0.25, -0.2) is 0 Å². The number of benzene rings is 3. The van der Waals surface area contributed by atoms with Gasteiger partial charge in [0, 0.05) is 11.1 Å². The van der Waals surface area contributed by atoms with Crippen molar-refractivity contribution >= 4 is 11.8 Å². The molecule has 0 fully saturated rings. The monoisotopic (exact) mass is 343 g/mol. The summed E-state index contributed by atoms with van der Waals surface area (Å²) in [5.74, 6) is -1.34. The molecule has 3 aromatic carbocycles. The highest BCUT2D eigenvalue weighted by Gasteiger charge is 2.31. The summed E-state index contributed by atoms with van der Waals surface area (Å²) in [6, 6.07) is 23.0. The Balaban J connectivity index is 2.08. The molecule has 1 unspecified atom stereocenters. The molecule has 130 valence electrons. The van der Waals surface area contributed by atoms with Gasteiger partial charge in [0.15, 0.2) is 5.78 Å². The van der Waals surface area contributed by atoms with E-state index in [9.17, 15) is 14.7 Å². The first-order chi connectivity index (χ1) is 12.4. The van der Waals surface area contributed by atoms with E-state index in [0.717, 1.165) is 5.56 Å². The number of hydrogen-bond acceptors (Lipinski definition) is 3. The first-order valence-electron chi connectivity index (χ1n) is 8.42. The van der Waals surface area contributed by atoms with E-state index in [2.05, 4.69) is 0 Å². The largest absolute Gasteiger partial charge is 0.549 e. The second kappa shape index (κ2) is 6.96. The maximum atomic E-state index is 12.7. The summed E-state index contributed by atoms with van der Waals surface area (Å²) in [5.41, 5.74) is 1.85. The molecule has 0 spiro atoms. The number of hydrogen-bond donors (Lipinski definition) is 0. The number of carboxylic acids is 1. The number of aryl methyl sites for hydroxylation is 1. The van der Waals surface area contributed by atoms with Crippen LogP contribution in [0.15, 0.2) is 78.9 Å². The average molecular weight is 343 g/mol. The summed E-state index contributed by atoms with van der Waals surface area (Å²) in [4.78, 5) is 24.8. The summed E-state index contributed by atoms with van der Waals surface area (Å²) in [5, 5.41) is 12.1. The van der Waals surface area contributed by atoms with Gasteiger partial charge in [0.25, 0.3) is 0 Å². The topological polar surface area (TPSA) is 57.2 Å². The number of aliphatic carboxylic acids is 1. The first kappa shape index (κ1) is 17.6. The fraction of sp³-hybridized carbons (Fsp3) is 0.130. The Morgan fingerprint density at radius 1 is 0.769 bits per heavy atom. The van der Waals surface area contributed by atoms with Crippen molar-refractivity contribution < 1.29 is 14.7 Å². The lowest BCUT2D eigenvalue weighted by molar-refractivity contribution is -0.311. The molecule has 0 aliphatic heterocycles. The van der Waals surface area contributed by atoms with Crippen molar-refractivity contribution in [3.8, 4) is 0 Å². The van der Waals surface area contributed by atoms with Crippen LogP contribution in [0.2, 0.25) is 0 Å². The van der Waals surface area contributed by atoms with Crippen LogP contribution in [0, 0.1) is 6.92 Å². The van der Waals surface area contributed by atoms with E-state index in [1.807, 2.05) is 25.1 Å². The van der Waals surface area contributed by atoms with Crippen LogP contribution < -0.4 is 5.11 Å². The van der Waals surface area contributed by atoms with Crippen molar-refractivity contribution in [3.05, 3.63) is 107 Å². The highest BCUT2D eigenvalue weighted by atomic mass is 16.4. The highest BCUT2D eigenvalue weighted by molar-refractivity contribution is 6.09. The lowest BCUT2D eigenvalue weighted by Gasteiger charge is -2.32. The summed E-state index contributed by atoms with van der Waals surface area (Å²) in [7, 11) is 0. The molecule has 0 aliphatic carbocycles. The van der Waals surface area contributed by atoms with E-state index in [4.69, 9.17) is 0 Å². The quantitative estimate of drug-likeness (QED) is 0.668. The second-order valence-electron chi connectivity index (χ2n) is 6.55. The molecule has 3 rings (SSSR count). The predicted octanol–water partition coefficient (Wildman–Crippen LogP) is 3.28. The van der Waals surface area contributed by atoms with E-state index in [1.165, 1.54) is 0 Å². The number of rotatable bonds is 5. The molecule has 3 aromatic rings. The minimum atomic E-state index is -1.35. The SMILES string of the molecule is Cc1ccc(C(C)(C(=O)[O-])c2cccc(C(=O)c3ccccc3)c2)cc1. The van der Waals surface area contributed by atoms with Gasteiger partial charge in [-0.05, 0) is 31.0 Å². The molecule has 0 aliphatic rings. The molecular weight excluding hydrogens is 324 g/mol. The van der Waals surface area contributed by atoms with E-state index in [-0.39, 0.29) is 5.78 Å². The highest BCUT2D eigenvalue weighted by Crippen LogP contribution is 2.32.